The number of hydrogen-bond acceptors (Lipinski definition) is 4. The average Bonchev–Trinajstić information content (AvgIpc) is 2.67. The SMILES string of the molecule is CC1CN(S(=O)(=O)c2ccc(NC(=O)CCc3ccc(Cl)cc3)cc2)CC(C)O1. The summed E-state index contributed by atoms with van der Waals surface area (Å²) in [7, 11) is -3.59. The van der Waals surface area contributed by atoms with Crippen LogP contribution in [0.5, 0.6) is 0 Å². The molecule has 0 saturated carbocycles. The predicted octanol–water partition coefficient (Wildman–Crippen LogP) is 3.71. The number of benzene rings is 2. The van der Waals surface area contributed by atoms with Crippen molar-refractivity contribution in [2.24, 2.45) is 0 Å². The highest BCUT2D eigenvalue weighted by Gasteiger charge is 2.32. The zero-order chi connectivity index (χ0) is 21.0. The van der Waals surface area contributed by atoms with Gasteiger partial charge in [-0.2, -0.15) is 4.31 Å². The highest BCUT2D eigenvalue weighted by atomic mass is 35.5. The first-order valence-electron chi connectivity index (χ1n) is 9.54. The quantitative estimate of drug-likeness (QED) is 0.748. The van der Waals surface area contributed by atoms with Crippen molar-refractivity contribution in [3.05, 3.63) is 59.1 Å². The van der Waals surface area contributed by atoms with E-state index in [9.17, 15) is 13.2 Å². The normalized spacial score (nSPS) is 20.4. The van der Waals surface area contributed by atoms with Crippen LogP contribution >= 0.6 is 11.6 Å². The Labute approximate surface area is 176 Å². The number of aryl methyl sites for hydroxylation is 1. The predicted molar refractivity (Wildman–Crippen MR) is 114 cm³/mol. The molecule has 1 heterocycles. The molecule has 2 aromatic rings. The minimum atomic E-state index is -3.59. The minimum absolute atomic E-state index is 0.133. The number of carbonyl (C=O) groups is 1. The van der Waals surface area contributed by atoms with Crippen LogP contribution < -0.4 is 5.32 Å². The maximum atomic E-state index is 12.9. The maximum Gasteiger partial charge on any atom is 0.243 e. The molecule has 1 N–H and O–H groups in total. The van der Waals surface area contributed by atoms with Crippen LogP contribution in [0.2, 0.25) is 5.02 Å². The molecule has 0 spiro atoms. The summed E-state index contributed by atoms with van der Waals surface area (Å²) in [5.41, 5.74) is 1.59. The molecule has 2 atom stereocenters. The van der Waals surface area contributed by atoms with Gasteiger partial charge in [0.2, 0.25) is 15.9 Å². The Morgan fingerprint density at radius 2 is 1.66 bits per heavy atom. The van der Waals surface area contributed by atoms with Gasteiger partial charge in [-0.05, 0) is 62.2 Å². The van der Waals surface area contributed by atoms with E-state index in [1.54, 1.807) is 24.3 Å². The van der Waals surface area contributed by atoms with E-state index < -0.39 is 10.0 Å². The van der Waals surface area contributed by atoms with Gasteiger partial charge in [0.15, 0.2) is 0 Å². The summed E-state index contributed by atoms with van der Waals surface area (Å²) in [5, 5.41) is 3.46. The van der Waals surface area contributed by atoms with Gasteiger partial charge in [0.25, 0.3) is 0 Å². The number of halogens is 1. The van der Waals surface area contributed by atoms with Gasteiger partial charge < -0.3 is 10.1 Å². The molecule has 8 heteroatoms. The smallest absolute Gasteiger partial charge is 0.243 e. The molecule has 2 aromatic carbocycles. The molecule has 156 valence electrons. The number of amides is 1. The highest BCUT2D eigenvalue weighted by molar-refractivity contribution is 7.89. The standard InChI is InChI=1S/C21H25ClN2O4S/c1-15-13-24(14-16(2)28-15)29(26,27)20-10-8-19(9-11-20)23-21(25)12-5-17-3-6-18(22)7-4-17/h3-4,6-11,15-16H,5,12-14H2,1-2H3,(H,23,25). The molecule has 1 aliphatic rings. The van der Waals surface area contributed by atoms with Crippen LogP contribution in [0.1, 0.15) is 25.8 Å². The van der Waals surface area contributed by atoms with E-state index in [1.807, 2.05) is 26.0 Å². The fourth-order valence-electron chi connectivity index (χ4n) is 3.32. The van der Waals surface area contributed by atoms with Crippen molar-refractivity contribution >= 4 is 33.2 Å². The van der Waals surface area contributed by atoms with Crippen LogP contribution in [0.3, 0.4) is 0 Å². The second kappa shape index (κ2) is 9.26. The molecule has 1 aliphatic heterocycles. The van der Waals surface area contributed by atoms with Gasteiger partial charge in [0, 0.05) is 30.2 Å². The molecule has 2 unspecified atom stereocenters. The molecule has 0 aliphatic carbocycles. The Hall–Kier alpha value is -1.93. The summed E-state index contributed by atoms with van der Waals surface area (Å²) < 4.78 is 32.8. The molecule has 0 radical (unpaired) electrons. The molecule has 1 saturated heterocycles. The number of sulfonamides is 1. The fraction of sp³-hybridized carbons (Fsp3) is 0.381. The topological polar surface area (TPSA) is 75.7 Å². The molecule has 0 bridgehead atoms. The number of hydrogen-bond donors (Lipinski definition) is 1. The van der Waals surface area contributed by atoms with E-state index in [2.05, 4.69) is 5.32 Å². The lowest BCUT2D eigenvalue weighted by Gasteiger charge is -2.34. The zero-order valence-corrected chi connectivity index (χ0v) is 18.0. The number of ether oxygens (including phenoxy) is 1. The van der Waals surface area contributed by atoms with Crippen molar-refractivity contribution in [1.29, 1.82) is 0 Å². The van der Waals surface area contributed by atoms with Gasteiger partial charge in [-0.25, -0.2) is 8.42 Å². The van der Waals surface area contributed by atoms with Crippen molar-refractivity contribution < 1.29 is 17.9 Å². The highest BCUT2D eigenvalue weighted by Crippen LogP contribution is 2.22. The van der Waals surface area contributed by atoms with Gasteiger partial charge in [0.1, 0.15) is 0 Å². The van der Waals surface area contributed by atoms with Crippen LogP contribution in [0.15, 0.2) is 53.4 Å². The molecule has 1 fully saturated rings. The zero-order valence-electron chi connectivity index (χ0n) is 16.5. The first-order valence-corrected chi connectivity index (χ1v) is 11.4. The Kier molecular flexibility index (Phi) is 6.95. The molecular weight excluding hydrogens is 412 g/mol. The second-order valence-corrected chi connectivity index (χ2v) is 9.65. The summed E-state index contributed by atoms with van der Waals surface area (Å²) in [6.07, 6.45) is 0.633. The summed E-state index contributed by atoms with van der Waals surface area (Å²) in [5.74, 6) is -0.133. The van der Waals surface area contributed by atoms with Crippen LogP contribution in [-0.4, -0.2) is 43.9 Å². The lowest BCUT2D eigenvalue weighted by molar-refractivity contribution is -0.116. The van der Waals surface area contributed by atoms with E-state index in [4.69, 9.17) is 16.3 Å². The fourth-order valence-corrected chi connectivity index (χ4v) is 5.04. The Morgan fingerprint density at radius 3 is 2.24 bits per heavy atom. The average molecular weight is 437 g/mol. The first-order chi connectivity index (χ1) is 13.7. The van der Waals surface area contributed by atoms with E-state index in [-0.39, 0.29) is 23.0 Å². The Morgan fingerprint density at radius 1 is 1.07 bits per heavy atom. The monoisotopic (exact) mass is 436 g/mol. The van der Waals surface area contributed by atoms with Crippen molar-refractivity contribution in [3.8, 4) is 0 Å². The van der Waals surface area contributed by atoms with E-state index >= 15 is 0 Å². The van der Waals surface area contributed by atoms with Crippen LogP contribution in [0.4, 0.5) is 5.69 Å². The summed E-state index contributed by atoms with van der Waals surface area (Å²) in [6.45, 7) is 4.38. The van der Waals surface area contributed by atoms with Crippen LogP contribution in [-0.2, 0) is 26.0 Å². The third kappa shape index (κ3) is 5.79. The Bertz CT molecular complexity index is 936. The molecule has 29 heavy (non-hydrogen) atoms. The van der Waals surface area contributed by atoms with Crippen molar-refractivity contribution in [2.75, 3.05) is 18.4 Å². The maximum absolute atomic E-state index is 12.9. The number of rotatable bonds is 6. The van der Waals surface area contributed by atoms with E-state index in [1.165, 1.54) is 16.4 Å². The third-order valence-electron chi connectivity index (χ3n) is 4.72. The number of carbonyl (C=O) groups excluding carboxylic acids is 1. The van der Waals surface area contributed by atoms with Crippen LogP contribution in [0.25, 0.3) is 0 Å². The lowest BCUT2D eigenvalue weighted by Crippen LogP contribution is -2.48. The largest absolute Gasteiger partial charge is 0.373 e. The van der Waals surface area contributed by atoms with Crippen molar-refractivity contribution in [2.45, 2.75) is 43.8 Å². The first kappa shape index (κ1) is 21.8. The molecule has 0 aromatic heterocycles. The van der Waals surface area contributed by atoms with Gasteiger partial charge in [-0.3, -0.25) is 4.79 Å². The molecule has 3 rings (SSSR count). The minimum Gasteiger partial charge on any atom is -0.373 e. The number of nitrogens with one attached hydrogen (secondary N) is 1. The van der Waals surface area contributed by atoms with E-state index in [0.29, 0.717) is 36.6 Å². The second-order valence-electron chi connectivity index (χ2n) is 7.28. The number of anilines is 1. The molecule has 1 amide bonds. The van der Waals surface area contributed by atoms with Crippen molar-refractivity contribution in [3.63, 3.8) is 0 Å². The van der Waals surface area contributed by atoms with E-state index in [0.717, 1.165) is 5.56 Å². The summed E-state index contributed by atoms with van der Waals surface area (Å²) >= 11 is 5.86. The van der Waals surface area contributed by atoms with Gasteiger partial charge in [0.05, 0.1) is 17.1 Å². The number of morpholine rings is 1. The van der Waals surface area contributed by atoms with Gasteiger partial charge in [-0.15, -0.1) is 0 Å². The third-order valence-corrected chi connectivity index (χ3v) is 6.81. The molecule has 6 nitrogen and oxygen atoms in total. The Balaban J connectivity index is 1.59. The van der Waals surface area contributed by atoms with Crippen molar-refractivity contribution in [1.82, 2.24) is 4.31 Å². The van der Waals surface area contributed by atoms with Gasteiger partial charge >= 0.3 is 0 Å². The number of nitrogens with zero attached hydrogens (tertiary/aromatic N) is 1. The lowest BCUT2D eigenvalue weighted by atomic mass is 10.1. The summed E-state index contributed by atoms with van der Waals surface area (Å²) in [6, 6.07) is 13.6. The van der Waals surface area contributed by atoms with Gasteiger partial charge in [-0.1, -0.05) is 23.7 Å². The van der Waals surface area contributed by atoms with Crippen LogP contribution in [0, 0.1) is 0 Å². The molecular formula is C21H25ClN2O4S. The summed E-state index contributed by atoms with van der Waals surface area (Å²) in [4.78, 5) is 12.4.